The predicted octanol–water partition coefficient (Wildman–Crippen LogP) is 4.92. The van der Waals surface area contributed by atoms with Gasteiger partial charge in [-0.25, -0.2) is 4.98 Å². The fourth-order valence-electron chi connectivity index (χ4n) is 3.43. The summed E-state index contributed by atoms with van der Waals surface area (Å²) in [6.07, 6.45) is 7.07. The van der Waals surface area contributed by atoms with Gasteiger partial charge in [-0.3, -0.25) is 4.79 Å². The van der Waals surface area contributed by atoms with Crippen molar-refractivity contribution < 1.29 is 13.9 Å². The quantitative estimate of drug-likeness (QED) is 0.334. The lowest BCUT2D eigenvalue weighted by Crippen LogP contribution is -2.11. The number of hydrogen-bond donors (Lipinski definition) is 0. The third kappa shape index (κ3) is 2.93. The maximum Gasteiger partial charge on any atom is 0.315 e. The highest BCUT2D eigenvalue weighted by molar-refractivity contribution is 6.08. The van der Waals surface area contributed by atoms with Gasteiger partial charge in [-0.2, -0.15) is 0 Å². The van der Waals surface area contributed by atoms with E-state index in [2.05, 4.69) is 4.98 Å². The zero-order valence-electron chi connectivity index (χ0n) is 14.9. The molecule has 0 unspecified atom stereocenters. The third-order valence-electron chi connectivity index (χ3n) is 4.75. The molecule has 5 rings (SSSR count). The van der Waals surface area contributed by atoms with Crippen molar-refractivity contribution in [3.8, 4) is 11.4 Å². The van der Waals surface area contributed by atoms with Gasteiger partial charge in [0.15, 0.2) is 0 Å². The summed E-state index contributed by atoms with van der Waals surface area (Å²) in [6, 6.07) is 19.3. The monoisotopic (exact) mass is 368 g/mol. The molecule has 0 aliphatic carbocycles. The first-order valence-corrected chi connectivity index (χ1v) is 8.95. The van der Waals surface area contributed by atoms with Gasteiger partial charge in [0.2, 0.25) is 0 Å². The molecule has 28 heavy (non-hydrogen) atoms. The number of hydrogen-bond acceptors (Lipinski definition) is 4. The number of ether oxygens (including phenoxy) is 1. The number of aromatic nitrogens is 2. The van der Waals surface area contributed by atoms with Crippen LogP contribution in [0.1, 0.15) is 5.56 Å². The lowest BCUT2D eigenvalue weighted by molar-refractivity contribution is -0.133. The summed E-state index contributed by atoms with van der Waals surface area (Å²) in [7, 11) is 0. The molecule has 5 aromatic rings. The van der Waals surface area contributed by atoms with Gasteiger partial charge in [0.25, 0.3) is 0 Å². The number of carbonyl (C=O) groups excluding carboxylic acids is 1. The highest BCUT2D eigenvalue weighted by atomic mass is 16.5. The first-order valence-electron chi connectivity index (χ1n) is 8.95. The molecule has 0 amide bonds. The topological polar surface area (TPSA) is 57.3 Å². The number of benzene rings is 3. The lowest BCUT2D eigenvalue weighted by Gasteiger charge is -2.06. The van der Waals surface area contributed by atoms with E-state index in [-0.39, 0.29) is 12.4 Å². The van der Waals surface area contributed by atoms with Crippen LogP contribution in [0.25, 0.3) is 27.4 Å². The Morgan fingerprint density at radius 1 is 1.04 bits per heavy atom. The van der Waals surface area contributed by atoms with Gasteiger partial charge >= 0.3 is 5.97 Å². The molecule has 136 valence electrons. The van der Waals surface area contributed by atoms with Gasteiger partial charge in [0.05, 0.1) is 19.0 Å². The second-order valence-corrected chi connectivity index (χ2v) is 6.54. The molecule has 3 aromatic carbocycles. The molecular weight excluding hydrogens is 352 g/mol. The second-order valence-electron chi connectivity index (χ2n) is 6.54. The number of fused-ring (bicyclic) bond motifs is 3. The van der Waals surface area contributed by atoms with Crippen molar-refractivity contribution in [1.82, 2.24) is 9.55 Å². The summed E-state index contributed by atoms with van der Waals surface area (Å²) in [5.74, 6) is 0.178. The van der Waals surface area contributed by atoms with Crippen LogP contribution >= 0.6 is 0 Å². The number of nitrogens with zero attached hydrogens (tertiary/aromatic N) is 2. The Morgan fingerprint density at radius 3 is 2.71 bits per heavy atom. The molecule has 0 atom stereocenters. The number of furan rings is 1. The van der Waals surface area contributed by atoms with Crippen molar-refractivity contribution in [1.29, 1.82) is 0 Å². The number of rotatable bonds is 4. The summed E-state index contributed by atoms with van der Waals surface area (Å²) < 4.78 is 13.0. The van der Waals surface area contributed by atoms with Crippen LogP contribution in [-0.2, 0) is 11.2 Å². The molecule has 2 heterocycles. The summed E-state index contributed by atoms with van der Waals surface area (Å²) in [6.45, 7) is 0. The molecule has 2 aromatic heterocycles. The van der Waals surface area contributed by atoms with E-state index in [1.54, 1.807) is 30.9 Å². The Morgan fingerprint density at radius 2 is 1.89 bits per heavy atom. The zero-order valence-corrected chi connectivity index (χ0v) is 14.9. The van der Waals surface area contributed by atoms with Gasteiger partial charge in [-0.1, -0.05) is 30.3 Å². The number of carbonyl (C=O) groups is 1. The Hall–Kier alpha value is -3.86. The molecule has 0 N–H and O–H groups in total. The summed E-state index contributed by atoms with van der Waals surface area (Å²) in [5, 5.41) is 3.15. The van der Waals surface area contributed by atoms with Gasteiger partial charge in [0.1, 0.15) is 11.3 Å². The van der Waals surface area contributed by atoms with E-state index in [1.165, 1.54) is 0 Å². The standard InChI is InChI=1S/C23H16N2O3/c26-22(28-19-8-6-18(7-9-19)25-12-11-24-15-25)13-17-14-27-21-10-5-16-3-1-2-4-20(16)23(17)21/h1-12,14-15H,13H2. The van der Waals surface area contributed by atoms with Crippen molar-refractivity contribution in [2.45, 2.75) is 6.42 Å². The predicted molar refractivity (Wildman–Crippen MR) is 107 cm³/mol. The average Bonchev–Trinajstić information content (AvgIpc) is 3.39. The van der Waals surface area contributed by atoms with E-state index >= 15 is 0 Å². The van der Waals surface area contributed by atoms with Crippen LogP contribution in [0.4, 0.5) is 0 Å². The van der Waals surface area contributed by atoms with Crippen molar-refractivity contribution in [3.63, 3.8) is 0 Å². The van der Waals surface area contributed by atoms with Gasteiger partial charge in [0, 0.05) is 29.0 Å². The fourth-order valence-corrected chi connectivity index (χ4v) is 3.43. The normalized spacial score (nSPS) is 11.1. The molecule has 0 aliphatic rings. The Kier molecular flexibility index (Phi) is 3.91. The molecule has 0 radical (unpaired) electrons. The zero-order chi connectivity index (χ0) is 18.9. The molecule has 5 heteroatoms. The maximum absolute atomic E-state index is 12.5. The first kappa shape index (κ1) is 16.3. The fraction of sp³-hybridized carbons (Fsp3) is 0.0435. The van der Waals surface area contributed by atoms with Crippen molar-refractivity contribution in [3.05, 3.63) is 91.2 Å². The van der Waals surface area contributed by atoms with E-state index < -0.39 is 0 Å². The van der Waals surface area contributed by atoms with E-state index in [0.717, 1.165) is 33.0 Å². The highest BCUT2D eigenvalue weighted by Gasteiger charge is 2.14. The summed E-state index contributed by atoms with van der Waals surface area (Å²) in [5.41, 5.74) is 2.54. The molecule has 0 saturated heterocycles. The average molecular weight is 368 g/mol. The maximum atomic E-state index is 12.5. The molecule has 0 saturated carbocycles. The SMILES string of the molecule is O=C(Cc1coc2ccc3ccccc3c12)Oc1ccc(-n2ccnc2)cc1. The van der Waals surface area contributed by atoms with Gasteiger partial charge in [-0.15, -0.1) is 0 Å². The molecule has 0 bridgehead atoms. The van der Waals surface area contributed by atoms with Crippen molar-refractivity contribution in [2.75, 3.05) is 0 Å². The smallest absolute Gasteiger partial charge is 0.315 e. The first-order chi connectivity index (χ1) is 13.8. The lowest BCUT2D eigenvalue weighted by atomic mass is 10.0. The van der Waals surface area contributed by atoms with Crippen LogP contribution in [0.3, 0.4) is 0 Å². The van der Waals surface area contributed by atoms with Gasteiger partial charge < -0.3 is 13.7 Å². The van der Waals surface area contributed by atoms with Crippen LogP contribution in [0, 0.1) is 0 Å². The van der Waals surface area contributed by atoms with Crippen molar-refractivity contribution >= 4 is 27.7 Å². The highest BCUT2D eigenvalue weighted by Crippen LogP contribution is 2.30. The molecule has 5 nitrogen and oxygen atoms in total. The second kappa shape index (κ2) is 6.70. The van der Waals surface area contributed by atoms with Crippen LogP contribution in [0.15, 0.2) is 90.1 Å². The van der Waals surface area contributed by atoms with Gasteiger partial charge in [-0.05, 0) is 41.1 Å². The van der Waals surface area contributed by atoms with Crippen LogP contribution in [0.2, 0.25) is 0 Å². The molecule has 0 fully saturated rings. The van der Waals surface area contributed by atoms with E-state index in [0.29, 0.717) is 5.75 Å². The van der Waals surface area contributed by atoms with Crippen LogP contribution in [-0.4, -0.2) is 15.5 Å². The Balaban J connectivity index is 1.38. The largest absolute Gasteiger partial charge is 0.464 e. The minimum atomic E-state index is -0.328. The third-order valence-corrected chi connectivity index (χ3v) is 4.75. The number of imidazole rings is 1. The Labute approximate surface area is 160 Å². The van der Waals surface area contributed by atoms with E-state index in [4.69, 9.17) is 9.15 Å². The number of esters is 1. The molecular formula is C23H16N2O3. The minimum absolute atomic E-state index is 0.143. The minimum Gasteiger partial charge on any atom is -0.464 e. The van der Waals surface area contributed by atoms with Crippen LogP contribution < -0.4 is 4.74 Å². The summed E-state index contributed by atoms with van der Waals surface area (Å²) in [4.78, 5) is 16.5. The Bertz CT molecular complexity index is 1270. The van der Waals surface area contributed by atoms with Crippen molar-refractivity contribution in [2.24, 2.45) is 0 Å². The summed E-state index contributed by atoms with van der Waals surface area (Å²) >= 11 is 0. The van der Waals surface area contributed by atoms with Crippen LogP contribution in [0.5, 0.6) is 5.75 Å². The van der Waals surface area contributed by atoms with E-state index in [9.17, 15) is 4.79 Å². The molecule has 0 spiro atoms. The van der Waals surface area contributed by atoms with E-state index in [1.807, 2.05) is 59.3 Å². The molecule has 0 aliphatic heterocycles.